The first-order chi connectivity index (χ1) is 16.5. The van der Waals surface area contributed by atoms with Gasteiger partial charge in [-0.1, -0.05) is 12.1 Å². The van der Waals surface area contributed by atoms with Crippen molar-refractivity contribution in [3.8, 4) is 0 Å². The number of anilines is 4. The third-order valence-electron chi connectivity index (χ3n) is 5.88. The van der Waals surface area contributed by atoms with Crippen LogP contribution in [0.5, 0.6) is 0 Å². The van der Waals surface area contributed by atoms with Gasteiger partial charge in [0.2, 0.25) is 11.9 Å². The first-order valence-electron chi connectivity index (χ1n) is 11.4. The molecule has 1 aliphatic rings. The first kappa shape index (κ1) is 23.3. The zero-order valence-electron chi connectivity index (χ0n) is 19.6. The summed E-state index contributed by atoms with van der Waals surface area (Å²) in [5.74, 6) is 2.09. The molecule has 0 saturated carbocycles. The van der Waals surface area contributed by atoms with Gasteiger partial charge in [-0.2, -0.15) is 9.97 Å². The van der Waals surface area contributed by atoms with Gasteiger partial charge in [0.15, 0.2) is 0 Å². The van der Waals surface area contributed by atoms with Crippen LogP contribution in [0.25, 0.3) is 0 Å². The molecule has 4 rings (SSSR count). The van der Waals surface area contributed by atoms with Crippen molar-refractivity contribution in [3.05, 3.63) is 60.3 Å². The van der Waals surface area contributed by atoms with Gasteiger partial charge < -0.3 is 20.4 Å². The minimum absolute atomic E-state index is 0.0409. The number of carbonyl (C=O) groups excluding carboxylic acids is 1. The summed E-state index contributed by atoms with van der Waals surface area (Å²) in [6.45, 7) is 8.57. The lowest BCUT2D eigenvalue weighted by Gasteiger charge is -2.41. The van der Waals surface area contributed by atoms with Crippen molar-refractivity contribution in [2.24, 2.45) is 5.92 Å². The van der Waals surface area contributed by atoms with E-state index in [0.717, 1.165) is 5.56 Å². The molecule has 0 spiro atoms. The van der Waals surface area contributed by atoms with Crippen LogP contribution in [0, 0.1) is 11.7 Å². The van der Waals surface area contributed by atoms with E-state index in [4.69, 9.17) is 0 Å². The van der Waals surface area contributed by atoms with Crippen LogP contribution in [0.1, 0.15) is 32.4 Å². The van der Waals surface area contributed by atoms with Gasteiger partial charge in [-0.15, -0.1) is 0 Å². The summed E-state index contributed by atoms with van der Waals surface area (Å²) in [6.07, 6.45) is 4.80. The Morgan fingerprint density at radius 3 is 2.53 bits per heavy atom. The quantitative estimate of drug-likeness (QED) is 0.495. The Morgan fingerprint density at radius 1 is 1.15 bits per heavy atom. The van der Waals surface area contributed by atoms with Crippen LogP contribution in [0.3, 0.4) is 0 Å². The molecule has 9 nitrogen and oxygen atoms in total. The lowest BCUT2D eigenvalue weighted by atomic mass is 9.98. The molecule has 1 atom stereocenters. The van der Waals surface area contributed by atoms with E-state index in [0.29, 0.717) is 49.6 Å². The molecule has 2 aromatic heterocycles. The van der Waals surface area contributed by atoms with Crippen LogP contribution in [0.15, 0.2) is 48.9 Å². The molecule has 1 aliphatic heterocycles. The summed E-state index contributed by atoms with van der Waals surface area (Å²) in [5, 5.41) is 6.46. The fourth-order valence-corrected chi connectivity index (χ4v) is 3.86. The van der Waals surface area contributed by atoms with E-state index in [1.807, 2.05) is 31.7 Å². The van der Waals surface area contributed by atoms with Crippen LogP contribution in [-0.4, -0.2) is 56.9 Å². The summed E-state index contributed by atoms with van der Waals surface area (Å²) in [7, 11) is 0. The number of hydrogen-bond donors (Lipinski definition) is 2. The molecular formula is C24H29FN8O. The van der Waals surface area contributed by atoms with Crippen LogP contribution < -0.4 is 15.5 Å². The third kappa shape index (κ3) is 5.38. The van der Waals surface area contributed by atoms with Crippen molar-refractivity contribution in [2.45, 2.75) is 26.8 Å². The predicted molar refractivity (Wildman–Crippen MR) is 129 cm³/mol. The largest absolute Gasteiger partial charge is 0.355 e. The topological polar surface area (TPSA) is 99.2 Å². The molecule has 3 heterocycles. The summed E-state index contributed by atoms with van der Waals surface area (Å²) >= 11 is 0. The molecule has 1 unspecified atom stereocenters. The highest BCUT2D eigenvalue weighted by atomic mass is 19.1. The molecule has 1 saturated heterocycles. The van der Waals surface area contributed by atoms with Crippen molar-refractivity contribution in [1.29, 1.82) is 0 Å². The number of carbonyl (C=O) groups is 1. The predicted octanol–water partition coefficient (Wildman–Crippen LogP) is 3.63. The number of nitrogens with one attached hydrogen (secondary N) is 2. The van der Waals surface area contributed by atoms with Crippen molar-refractivity contribution in [3.63, 3.8) is 0 Å². The highest BCUT2D eigenvalue weighted by Crippen LogP contribution is 2.29. The number of rotatable bonds is 9. The molecule has 3 aromatic rings. The second-order valence-electron chi connectivity index (χ2n) is 8.18. The Hall–Kier alpha value is -3.82. The minimum Gasteiger partial charge on any atom is -0.355 e. The number of hydrogen-bond acceptors (Lipinski definition) is 8. The van der Waals surface area contributed by atoms with Crippen molar-refractivity contribution in [2.75, 3.05) is 41.7 Å². The molecule has 178 valence electrons. The lowest BCUT2D eigenvalue weighted by Crippen LogP contribution is -2.55. The van der Waals surface area contributed by atoms with Gasteiger partial charge in [-0.3, -0.25) is 9.78 Å². The average Bonchev–Trinajstić information content (AvgIpc) is 2.80. The minimum atomic E-state index is -0.281. The Labute approximate surface area is 198 Å². The molecule has 1 amide bonds. The van der Waals surface area contributed by atoms with Crippen LogP contribution in [0.2, 0.25) is 0 Å². The normalized spacial score (nSPS) is 14.3. The van der Waals surface area contributed by atoms with E-state index in [1.165, 1.54) is 12.1 Å². The SMILES string of the molecule is CCN(CC)C(=O)C1CN(c2cc(Nc3cnccn3)nc(NC(C)c3ccc(F)cc3)n2)C1. The number of halogens is 1. The first-order valence-corrected chi connectivity index (χ1v) is 11.4. The maximum atomic E-state index is 13.3. The van der Waals surface area contributed by atoms with E-state index in [2.05, 4.69) is 35.5 Å². The zero-order valence-corrected chi connectivity index (χ0v) is 19.6. The summed E-state index contributed by atoms with van der Waals surface area (Å²) < 4.78 is 13.3. The number of amides is 1. The lowest BCUT2D eigenvalue weighted by molar-refractivity contribution is -0.135. The van der Waals surface area contributed by atoms with Crippen LogP contribution >= 0.6 is 0 Å². The molecule has 2 N–H and O–H groups in total. The highest BCUT2D eigenvalue weighted by Gasteiger charge is 2.35. The number of nitrogens with zero attached hydrogens (tertiary/aromatic N) is 6. The van der Waals surface area contributed by atoms with Crippen molar-refractivity contribution < 1.29 is 9.18 Å². The third-order valence-corrected chi connectivity index (χ3v) is 5.88. The highest BCUT2D eigenvalue weighted by molar-refractivity contribution is 5.82. The van der Waals surface area contributed by atoms with Gasteiger partial charge in [0.1, 0.15) is 23.3 Å². The summed E-state index contributed by atoms with van der Waals surface area (Å²) in [5.41, 5.74) is 0.910. The zero-order chi connectivity index (χ0) is 24.1. The maximum Gasteiger partial charge on any atom is 0.229 e. The van der Waals surface area contributed by atoms with Crippen molar-refractivity contribution in [1.82, 2.24) is 24.8 Å². The monoisotopic (exact) mass is 464 g/mol. The smallest absolute Gasteiger partial charge is 0.229 e. The van der Waals surface area contributed by atoms with E-state index in [1.54, 1.807) is 30.7 Å². The van der Waals surface area contributed by atoms with Crippen LogP contribution in [-0.2, 0) is 4.79 Å². The summed E-state index contributed by atoms with van der Waals surface area (Å²) in [6, 6.07) is 8.01. The van der Waals surface area contributed by atoms with E-state index in [9.17, 15) is 9.18 Å². The number of benzene rings is 1. The van der Waals surface area contributed by atoms with Gasteiger partial charge in [0, 0.05) is 44.6 Å². The maximum absolute atomic E-state index is 13.3. The standard InChI is InChI=1S/C24H29FN8O/c1-4-32(5-2)23(34)18-14-33(15-18)22-12-20(29-21-13-26-10-11-27-21)30-24(31-22)28-16(3)17-6-8-19(25)9-7-17/h6-13,16,18H,4-5,14-15H2,1-3H3,(H2,27,28,29,30,31). The molecule has 0 bridgehead atoms. The fraction of sp³-hybridized carbons (Fsp3) is 0.375. The second kappa shape index (κ2) is 10.4. The number of aromatic nitrogens is 4. The van der Waals surface area contributed by atoms with Gasteiger partial charge in [0.25, 0.3) is 0 Å². The summed E-state index contributed by atoms with van der Waals surface area (Å²) in [4.78, 5) is 34.2. The van der Waals surface area contributed by atoms with E-state index >= 15 is 0 Å². The van der Waals surface area contributed by atoms with Gasteiger partial charge in [-0.05, 0) is 38.5 Å². The van der Waals surface area contributed by atoms with Crippen LogP contribution in [0.4, 0.5) is 27.8 Å². The Kier molecular flexibility index (Phi) is 7.15. The van der Waals surface area contributed by atoms with E-state index in [-0.39, 0.29) is 23.7 Å². The molecule has 34 heavy (non-hydrogen) atoms. The molecule has 0 radical (unpaired) electrons. The average molecular weight is 465 g/mol. The Balaban J connectivity index is 1.54. The second-order valence-corrected chi connectivity index (χ2v) is 8.18. The molecule has 1 fully saturated rings. The Bertz CT molecular complexity index is 1100. The van der Waals surface area contributed by atoms with E-state index < -0.39 is 0 Å². The molecular weight excluding hydrogens is 435 g/mol. The molecule has 0 aliphatic carbocycles. The van der Waals surface area contributed by atoms with Crippen molar-refractivity contribution >= 4 is 29.3 Å². The van der Waals surface area contributed by atoms with Gasteiger partial charge in [0.05, 0.1) is 18.2 Å². The fourth-order valence-electron chi connectivity index (χ4n) is 3.86. The van der Waals surface area contributed by atoms with Gasteiger partial charge >= 0.3 is 0 Å². The Morgan fingerprint density at radius 2 is 1.88 bits per heavy atom. The van der Waals surface area contributed by atoms with Gasteiger partial charge in [-0.25, -0.2) is 9.37 Å². The molecule has 1 aromatic carbocycles. The molecule has 10 heteroatoms.